The molecule has 170 valence electrons. The Morgan fingerprint density at radius 2 is 1.61 bits per heavy atom. The molecule has 0 aliphatic carbocycles. The van der Waals surface area contributed by atoms with Crippen molar-refractivity contribution in [3.8, 4) is 0 Å². The van der Waals surface area contributed by atoms with Gasteiger partial charge < -0.3 is 4.42 Å². The first kappa shape index (κ1) is 22.6. The van der Waals surface area contributed by atoms with E-state index in [-0.39, 0.29) is 22.3 Å². The molecular formula is C24H18F3NO4S. The first-order chi connectivity index (χ1) is 15.5. The SMILES string of the molecule is Cc1cccc(NS(=O)(=O)c2ccc(Cc3ccc4oc(=O)cc(C(F)(F)F)c4c3)cc2)c1. The molecule has 1 N–H and O–H groups in total. The molecule has 1 aromatic heterocycles. The third kappa shape index (κ3) is 5.09. The molecule has 4 rings (SSSR count). The number of anilines is 1. The van der Waals surface area contributed by atoms with Crippen LogP contribution < -0.4 is 10.3 Å². The molecular weight excluding hydrogens is 455 g/mol. The van der Waals surface area contributed by atoms with Crippen LogP contribution in [0.3, 0.4) is 0 Å². The van der Waals surface area contributed by atoms with Gasteiger partial charge in [0.25, 0.3) is 10.0 Å². The number of hydrogen-bond acceptors (Lipinski definition) is 4. The van der Waals surface area contributed by atoms with Crippen LogP contribution in [-0.2, 0) is 22.6 Å². The minimum absolute atomic E-state index is 0.0624. The van der Waals surface area contributed by atoms with E-state index in [1.165, 1.54) is 24.3 Å². The number of rotatable bonds is 5. The zero-order valence-electron chi connectivity index (χ0n) is 17.3. The Morgan fingerprint density at radius 1 is 0.909 bits per heavy atom. The van der Waals surface area contributed by atoms with Crippen LogP contribution in [0, 0.1) is 6.92 Å². The summed E-state index contributed by atoms with van der Waals surface area (Å²) in [7, 11) is -3.79. The van der Waals surface area contributed by atoms with Gasteiger partial charge in [-0.3, -0.25) is 4.72 Å². The topological polar surface area (TPSA) is 76.4 Å². The van der Waals surface area contributed by atoms with Crippen LogP contribution in [0.1, 0.15) is 22.3 Å². The molecule has 0 unspecified atom stereocenters. The van der Waals surface area contributed by atoms with Crippen LogP contribution in [0.2, 0.25) is 0 Å². The monoisotopic (exact) mass is 473 g/mol. The van der Waals surface area contributed by atoms with Crippen LogP contribution in [0.5, 0.6) is 0 Å². The van der Waals surface area contributed by atoms with Crippen molar-refractivity contribution in [1.29, 1.82) is 0 Å². The summed E-state index contributed by atoms with van der Waals surface area (Å²) >= 11 is 0. The molecule has 0 saturated heterocycles. The maximum absolute atomic E-state index is 13.3. The fourth-order valence-electron chi connectivity index (χ4n) is 3.50. The van der Waals surface area contributed by atoms with Crippen LogP contribution >= 0.6 is 0 Å². The molecule has 3 aromatic carbocycles. The van der Waals surface area contributed by atoms with Gasteiger partial charge in [-0.2, -0.15) is 13.2 Å². The lowest BCUT2D eigenvalue weighted by Crippen LogP contribution is -2.13. The summed E-state index contributed by atoms with van der Waals surface area (Å²) in [4.78, 5) is 11.5. The molecule has 0 saturated carbocycles. The summed E-state index contributed by atoms with van der Waals surface area (Å²) in [6, 6.07) is 17.7. The summed E-state index contributed by atoms with van der Waals surface area (Å²) in [6.07, 6.45) is -4.44. The number of benzene rings is 3. The minimum Gasteiger partial charge on any atom is -0.423 e. The number of halogens is 3. The van der Waals surface area contributed by atoms with Gasteiger partial charge in [0.2, 0.25) is 0 Å². The van der Waals surface area contributed by atoms with Crippen molar-refractivity contribution in [3.05, 3.63) is 105 Å². The Kier molecular flexibility index (Phi) is 5.75. The van der Waals surface area contributed by atoms with Crippen molar-refractivity contribution in [2.24, 2.45) is 0 Å². The van der Waals surface area contributed by atoms with Gasteiger partial charge in [-0.25, -0.2) is 13.2 Å². The van der Waals surface area contributed by atoms with E-state index in [4.69, 9.17) is 4.42 Å². The normalized spacial score (nSPS) is 12.1. The highest BCUT2D eigenvalue weighted by Gasteiger charge is 2.33. The van der Waals surface area contributed by atoms with Gasteiger partial charge in [0.15, 0.2) is 0 Å². The van der Waals surface area contributed by atoms with E-state index in [0.717, 1.165) is 5.56 Å². The Bertz CT molecular complexity index is 1490. The number of fused-ring (bicyclic) bond motifs is 1. The molecule has 5 nitrogen and oxygen atoms in total. The van der Waals surface area contributed by atoms with E-state index in [1.807, 2.05) is 13.0 Å². The van der Waals surface area contributed by atoms with E-state index < -0.39 is 27.4 Å². The predicted octanol–water partition coefficient (Wildman–Crippen LogP) is 5.51. The minimum atomic E-state index is -4.70. The Labute approximate surface area is 187 Å². The Hall–Kier alpha value is -3.59. The third-order valence-corrected chi connectivity index (χ3v) is 6.42. The molecule has 0 amide bonds. The van der Waals surface area contributed by atoms with Crippen LogP contribution in [0.4, 0.5) is 18.9 Å². The van der Waals surface area contributed by atoms with Gasteiger partial charge in [0.05, 0.1) is 10.5 Å². The highest BCUT2D eigenvalue weighted by molar-refractivity contribution is 7.92. The molecule has 0 atom stereocenters. The standard InChI is InChI=1S/C24H18F3NO4S/c1-15-3-2-4-18(11-15)28-33(30,31)19-8-5-16(6-9-19)12-17-7-10-22-20(13-17)21(24(25,26)27)14-23(29)32-22/h2-11,13-14,28H,12H2,1H3. The lowest BCUT2D eigenvalue weighted by molar-refractivity contribution is -0.136. The van der Waals surface area contributed by atoms with Gasteiger partial charge in [-0.1, -0.05) is 30.3 Å². The number of aryl methyl sites for hydroxylation is 1. The lowest BCUT2D eigenvalue weighted by Gasteiger charge is -2.11. The highest BCUT2D eigenvalue weighted by atomic mass is 32.2. The second-order valence-corrected chi connectivity index (χ2v) is 9.29. The summed E-state index contributed by atoms with van der Waals surface area (Å²) in [5, 5.41) is -0.207. The van der Waals surface area contributed by atoms with E-state index in [2.05, 4.69) is 4.72 Å². The van der Waals surface area contributed by atoms with E-state index in [1.54, 1.807) is 36.4 Å². The summed E-state index contributed by atoms with van der Waals surface area (Å²) in [5.74, 6) is 0. The predicted molar refractivity (Wildman–Crippen MR) is 119 cm³/mol. The van der Waals surface area contributed by atoms with Crippen LogP contribution in [0.25, 0.3) is 11.0 Å². The molecule has 0 radical (unpaired) electrons. The van der Waals surface area contributed by atoms with Gasteiger partial charge in [-0.05, 0) is 66.4 Å². The van der Waals surface area contributed by atoms with Gasteiger partial charge in [0.1, 0.15) is 5.58 Å². The van der Waals surface area contributed by atoms with Crippen molar-refractivity contribution in [1.82, 2.24) is 0 Å². The van der Waals surface area contributed by atoms with Crippen molar-refractivity contribution in [3.63, 3.8) is 0 Å². The zero-order chi connectivity index (χ0) is 23.8. The van der Waals surface area contributed by atoms with Crippen molar-refractivity contribution >= 4 is 26.7 Å². The zero-order valence-corrected chi connectivity index (χ0v) is 18.1. The Morgan fingerprint density at radius 3 is 2.27 bits per heavy atom. The molecule has 0 fully saturated rings. The second kappa shape index (κ2) is 8.40. The highest BCUT2D eigenvalue weighted by Crippen LogP contribution is 2.34. The smallest absolute Gasteiger partial charge is 0.417 e. The number of alkyl halides is 3. The molecule has 0 aliphatic heterocycles. The number of sulfonamides is 1. The first-order valence-electron chi connectivity index (χ1n) is 9.84. The number of nitrogens with one attached hydrogen (secondary N) is 1. The second-order valence-electron chi connectivity index (χ2n) is 7.60. The lowest BCUT2D eigenvalue weighted by atomic mass is 10.0. The molecule has 33 heavy (non-hydrogen) atoms. The van der Waals surface area contributed by atoms with E-state index in [9.17, 15) is 26.4 Å². The number of hydrogen-bond donors (Lipinski definition) is 1. The van der Waals surface area contributed by atoms with Crippen LogP contribution in [-0.4, -0.2) is 8.42 Å². The fraction of sp³-hybridized carbons (Fsp3) is 0.125. The van der Waals surface area contributed by atoms with Crippen molar-refractivity contribution in [2.75, 3.05) is 4.72 Å². The van der Waals surface area contributed by atoms with Gasteiger partial charge in [0, 0.05) is 17.1 Å². The quantitative estimate of drug-likeness (QED) is 0.388. The van der Waals surface area contributed by atoms with Gasteiger partial charge >= 0.3 is 11.8 Å². The van der Waals surface area contributed by atoms with Crippen molar-refractivity contribution < 1.29 is 26.0 Å². The largest absolute Gasteiger partial charge is 0.423 e. The molecule has 0 spiro atoms. The maximum Gasteiger partial charge on any atom is 0.417 e. The van der Waals surface area contributed by atoms with Gasteiger partial charge in [-0.15, -0.1) is 0 Å². The molecule has 0 aliphatic rings. The Balaban J connectivity index is 1.59. The fourth-order valence-corrected chi connectivity index (χ4v) is 4.55. The average molecular weight is 473 g/mol. The maximum atomic E-state index is 13.3. The van der Waals surface area contributed by atoms with E-state index >= 15 is 0 Å². The van der Waals surface area contributed by atoms with E-state index in [0.29, 0.717) is 22.9 Å². The summed E-state index contributed by atoms with van der Waals surface area (Å²) < 4.78 is 72.7. The molecule has 9 heteroatoms. The summed E-state index contributed by atoms with van der Waals surface area (Å²) in [5.41, 5.74) is 0.335. The third-order valence-electron chi connectivity index (χ3n) is 5.02. The molecule has 1 heterocycles. The first-order valence-corrected chi connectivity index (χ1v) is 11.3. The summed E-state index contributed by atoms with van der Waals surface area (Å²) in [6.45, 7) is 1.85. The van der Waals surface area contributed by atoms with Crippen molar-refractivity contribution in [2.45, 2.75) is 24.4 Å². The average Bonchev–Trinajstić information content (AvgIpc) is 2.73. The van der Waals surface area contributed by atoms with Crippen LogP contribution in [0.15, 0.2) is 86.9 Å². The molecule has 0 bridgehead atoms. The molecule has 4 aromatic rings.